The lowest BCUT2D eigenvalue weighted by Crippen LogP contribution is -2.25. The number of rotatable bonds is 10. The highest BCUT2D eigenvalue weighted by molar-refractivity contribution is 5.65. The van der Waals surface area contributed by atoms with Crippen LogP contribution in [0.25, 0.3) is 17.2 Å². The molecular formula is C35H46. The van der Waals surface area contributed by atoms with Crippen LogP contribution >= 0.6 is 0 Å². The molecule has 0 aliphatic heterocycles. The van der Waals surface area contributed by atoms with Crippen LogP contribution in [0.3, 0.4) is 0 Å². The summed E-state index contributed by atoms with van der Waals surface area (Å²) in [7, 11) is 0. The van der Waals surface area contributed by atoms with E-state index in [1.54, 1.807) is 0 Å². The van der Waals surface area contributed by atoms with Crippen LogP contribution in [0.2, 0.25) is 0 Å². The van der Waals surface area contributed by atoms with Gasteiger partial charge in [-0.3, -0.25) is 0 Å². The number of hydrogen-bond acceptors (Lipinski definition) is 0. The molecule has 2 aromatic rings. The Morgan fingerprint density at radius 1 is 0.686 bits per heavy atom. The molecule has 0 bridgehead atoms. The Balaban J connectivity index is 1.12. The van der Waals surface area contributed by atoms with E-state index in [9.17, 15) is 0 Å². The van der Waals surface area contributed by atoms with Crippen molar-refractivity contribution in [2.24, 2.45) is 23.7 Å². The summed E-state index contributed by atoms with van der Waals surface area (Å²) in [4.78, 5) is 0. The third kappa shape index (κ3) is 8.09. The molecule has 2 aliphatic carbocycles. The van der Waals surface area contributed by atoms with Crippen LogP contribution in [0.5, 0.6) is 0 Å². The van der Waals surface area contributed by atoms with Gasteiger partial charge in [0.1, 0.15) is 0 Å². The standard InChI is InChI=1S/C35H46/c1-3-4-5-6-9-29-14-24-34(25-15-29)35-26-18-31(19-27-35)11-8-7-10-30-16-22-33(23-17-30)32-20-12-28(2)13-21-32/h3,6-7,9-10,12-13,16-17,20-23,29,31,34-35H,1,4-5,8,11,14-15,18-19,24-27H2,2H3/b9-6+,10-7+. The molecule has 0 saturated heterocycles. The average Bonchev–Trinajstić information content (AvgIpc) is 2.91. The summed E-state index contributed by atoms with van der Waals surface area (Å²) < 4.78 is 0. The molecule has 0 radical (unpaired) electrons. The number of benzene rings is 2. The minimum absolute atomic E-state index is 0.845. The molecule has 35 heavy (non-hydrogen) atoms. The lowest BCUT2D eigenvalue weighted by Gasteiger charge is -2.37. The second-order valence-electron chi connectivity index (χ2n) is 11.2. The van der Waals surface area contributed by atoms with Crippen molar-refractivity contribution in [2.45, 2.75) is 84.0 Å². The molecule has 2 aromatic carbocycles. The summed E-state index contributed by atoms with van der Waals surface area (Å²) >= 11 is 0. The van der Waals surface area contributed by atoms with E-state index in [4.69, 9.17) is 0 Å². The highest BCUT2D eigenvalue weighted by Gasteiger charge is 2.30. The van der Waals surface area contributed by atoms with E-state index in [1.165, 1.54) is 92.9 Å². The number of hydrogen-bond donors (Lipinski definition) is 0. The van der Waals surface area contributed by atoms with Crippen molar-refractivity contribution in [3.05, 3.63) is 90.5 Å². The van der Waals surface area contributed by atoms with Gasteiger partial charge in [-0.1, -0.05) is 97.3 Å². The van der Waals surface area contributed by atoms with E-state index in [2.05, 4.69) is 86.3 Å². The smallest absolute Gasteiger partial charge is 0.0184 e. The predicted octanol–water partition coefficient (Wildman–Crippen LogP) is 10.6. The lowest BCUT2D eigenvalue weighted by molar-refractivity contribution is 0.153. The van der Waals surface area contributed by atoms with Crippen LogP contribution < -0.4 is 0 Å². The van der Waals surface area contributed by atoms with Crippen LogP contribution in [0.4, 0.5) is 0 Å². The molecule has 0 aromatic heterocycles. The second-order valence-corrected chi connectivity index (χ2v) is 11.2. The molecule has 0 N–H and O–H groups in total. The molecule has 2 saturated carbocycles. The van der Waals surface area contributed by atoms with Crippen LogP contribution in [0, 0.1) is 30.6 Å². The average molecular weight is 467 g/mol. The van der Waals surface area contributed by atoms with Crippen molar-refractivity contribution in [1.82, 2.24) is 0 Å². The van der Waals surface area contributed by atoms with E-state index in [0.29, 0.717) is 0 Å². The van der Waals surface area contributed by atoms with E-state index in [1.807, 2.05) is 6.08 Å². The Hall–Kier alpha value is -2.34. The molecule has 2 aliphatic rings. The zero-order valence-electron chi connectivity index (χ0n) is 22.0. The van der Waals surface area contributed by atoms with E-state index in [0.717, 1.165) is 30.1 Å². The van der Waals surface area contributed by atoms with Crippen LogP contribution in [-0.4, -0.2) is 0 Å². The first-order chi connectivity index (χ1) is 17.2. The van der Waals surface area contributed by atoms with Crippen molar-refractivity contribution in [1.29, 1.82) is 0 Å². The van der Waals surface area contributed by atoms with Gasteiger partial charge in [0.2, 0.25) is 0 Å². The minimum Gasteiger partial charge on any atom is -0.103 e. The lowest BCUT2D eigenvalue weighted by atomic mass is 9.68. The van der Waals surface area contributed by atoms with Crippen molar-refractivity contribution < 1.29 is 0 Å². The maximum Gasteiger partial charge on any atom is -0.0184 e. The summed E-state index contributed by atoms with van der Waals surface area (Å²) in [6, 6.07) is 17.8. The molecule has 0 unspecified atom stereocenters. The Morgan fingerprint density at radius 2 is 1.29 bits per heavy atom. The van der Waals surface area contributed by atoms with Gasteiger partial charge in [0.15, 0.2) is 0 Å². The molecule has 0 atom stereocenters. The monoisotopic (exact) mass is 466 g/mol. The largest absolute Gasteiger partial charge is 0.103 e. The molecule has 186 valence electrons. The molecule has 4 rings (SSSR count). The number of unbranched alkanes of at least 4 members (excludes halogenated alkanes) is 1. The van der Waals surface area contributed by atoms with Crippen LogP contribution in [0.1, 0.15) is 88.2 Å². The van der Waals surface area contributed by atoms with Crippen molar-refractivity contribution >= 4 is 6.08 Å². The molecule has 0 nitrogen and oxygen atoms in total. The second kappa shape index (κ2) is 13.7. The van der Waals surface area contributed by atoms with Gasteiger partial charge in [0.25, 0.3) is 0 Å². The summed E-state index contributed by atoms with van der Waals surface area (Å²) in [5.74, 6) is 3.82. The highest BCUT2D eigenvalue weighted by Crippen LogP contribution is 2.42. The third-order valence-electron chi connectivity index (χ3n) is 8.67. The summed E-state index contributed by atoms with van der Waals surface area (Å²) in [6.07, 6.45) is 28.2. The van der Waals surface area contributed by atoms with Gasteiger partial charge in [-0.2, -0.15) is 0 Å². The Kier molecular flexibility index (Phi) is 10.1. The number of allylic oxidation sites excluding steroid dienone is 4. The van der Waals surface area contributed by atoms with Gasteiger partial charge in [-0.05, 0) is 111 Å². The fraction of sp³-hybridized carbons (Fsp3) is 0.486. The fourth-order valence-electron chi connectivity index (χ4n) is 6.34. The van der Waals surface area contributed by atoms with Gasteiger partial charge in [0, 0.05) is 0 Å². The molecule has 0 heteroatoms. The first-order valence-corrected chi connectivity index (χ1v) is 14.3. The molecular weight excluding hydrogens is 420 g/mol. The normalized spacial score (nSPS) is 25.3. The Morgan fingerprint density at radius 3 is 1.91 bits per heavy atom. The zero-order chi connectivity index (χ0) is 24.3. The molecule has 2 fully saturated rings. The van der Waals surface area contributed by atoms with Gasteiger partial charge < -0.3 is 0 Å². The first kappa shape index (κ1) is 25.7. The van der Waals surface area contributed by atoms with Gasteiger partial charge in [-0.25, -0.2) is 0 Å². The van der Waals surface area contributed by atoms with E-state index >= 15 is 0 Å². The Labute approximate surface area is 215 Å². The fourth-order valence-corrected chi connectivity index (χ4v) is 6.34. The van der Waals surface area contributed by atoms with Crippen molar-refractivity contribution in [3.8, 4) is 11.1 Å². The molecule has 0 heterocycles. The molecule has 0 spiro atoms. The zero-order valence-corrected chi connectivity index (χ0v) is 22.0. The SMILES string of the molecule is C=CCC/C=C/C1CCC(C2CCC(CC/C=C/c3ccc(-c4ccc(C)cc4)cc3)CC2)CC1. The van der Waals surface area contributed by atoms with Crippen LogP contribution in [0.15, 0.2) is 79.4 Å². The van der Waals surface area contributed by atoms with Crippen LogP contribution in [-0.2, 0) is 0 Å². The van der Waals surface area contributed by atoms with Gasteiger partial charge in [0.05, 0.1) is 0 Å². The quantitative estimate of drug-likeness (QED) is 0.241. The minimum atomic E-state index is 0.845. The summed E-state index contributed by atoms with van der Waals surface area (Å²) in [5.41, 5.74) is 5.22. The van der Waals surface area contributed by atoms with E-state index in [-0.39, 0.29) is 0 Å². The van der Waals surface area contributed by atoms with Gasteiger partial charge >= 0.3 is 0 Å². The summed E-state index contributed by atoms with van der Waals surface area (Å²) in [6.45, 7) is 5.96. The van der Waals surface area contributed by atoms with E-state index < -0.39 is 0 Å². The number of aryl methyl sites for hydroxylation is 1. The topological polar surface area (TPSA) is 0 Å². The maximum absolute atomic E-state index is 3.82. The van der Waals surface area contributed by atoms with Crippen molar-refractivity contribution in [3.63, 3.8) is 0 Å². The highest BCUT2D eigenvalue weighted by atomic mass is 14.4. The summed E-state index contributed by atoms with van der Waals surface area (Å²) in [5, 5.41) is 0. The Bertz CT molecular complexity index is 927. The maximum atomic E-state index is 3.82. The van der Waals surface area contributed by atoms with Crippen molar-refractivity contribution in [2.75, 3.05) is 0 Å². The molecule has 0 amide bonds. The first-order valence-electron chi connectivity index (χ1n) is 14.3. The predicted molar refractivity (Wildman–Crippen MR) is 154 cm³/mol. The third-order valence-corrected chi connectivity index (χ3v) is 8.67. The van der Waals surface area contributed by atoms with Gasteiger partial charge in [-0.15, -0.1) is 6.58 Å².